The molecule has 2 amide bonds. The minimum Gasteiger partial charge on any atom is -0.478 e. The Kier molecular flexibility index (Phi) is 10.8. The highest BCUT2D eigenvalue weighted by Gasteiger charge is 2.55. The summed E-state index contributed by atoms with van der Waals surface area (Å²) >= 11 is 2.35. The first-order chi connectivity index (χ1) is 26.8. The van der Waals surface area contributed by atoms with Crippen molar-refractivity contribution in [2.45, 2.75) is 62.8 Å². The molecule has 0 aliphatic carbocycles. The maximum atomic E-state index is 13.5. The maximum absolute atomic E-state index is 13.5. The number of hydrogen-bond acceptors (Lipinski definition) is 12. The molecule has 0 bridgehead atoms. The van der Waals surface area contributed by atoms with E-state index in [1.165, 1.54) is 35.9 Å². The van der Waals surface area contributed by atoms with E-state index in [0.717, 1.165) is 59.3 Å². The number of nitrogen functional groups attached to an aromatic ring is 1. The Labute approximate surface area is 329 Å². The summed E-state index contributed by atoms with van der Waals surface area (Å²) in [6.45, 7) is 5.24. The Bertz CT molecular complexity index is 2290. The second-order valence-electron chi connectivity index (χ2n) is 14.1. The lowest BCUT2D eigenvalue weighted by Gasteiger charge is -2.49. The number of anilines is 1. The number of aromatic nitrogens is 3. The van der Waals surface area contributed by atoms with Gasteiger partial charge < -0.3 is 41.7 Å². The van der Waals surface area contributed by atoms with E-state index in [1.54, 1.807) is 0 Å². The van der Waals surface area contributed by atoms with Crippen LogP contribution in [0.5, 0.6) is 0 Å². The van der Waals surface area contributed by atoms with Gasteiger partial charge in [-0.05, 0) is 44.9 Å². The molecule has 4 aromatic rings. The molecule has 56 heavy (non-hydrogen) atoms. The molecule has 3 atom stereocenters. The molecule has 7 rings (SSSR count). The molecule has 19 heteroatoms. The Morgan fingerprint density at radius 3 is 2.64 bits per heavy atom. The lowest BCUT2D eigenvalue weighted by Crippen LogP contribution is -2.71. The van der Waals surface area contributed by atoms with Crippen LogP contribution in [0.2, 0.25) is 0 Å². The molecule has 2 saturated heterocycles. The van der Waals surface area contributed by atoms with Crippen molar-refractivity contribution in [2.24, 2.45) is 15.9 Å². The lowest BCUT2D eigenvalue weighted by atomic mass is 10.0. The van der Waals surface area contributed by atoms with E-state index in [2.05, 4.69) is 25.3 Å². The fourth-order valence-electron chi connectivity index (χ4n) is 6.65. The largest absolute Gasteiger partial charge is 0.478 e. The Morgan fingerprint density at radius 1 is 1.18 bits per heavy atom. The van der Waals surface area contributed by atoms with Crippen molar-refractivity contribution in [3.63, 3.8) is 0 Å². The average molecular weight is 802 g/mol. The van der Waals surface area contributed by atoms with Crippen molar-refractivity contribution in [2.75, 3.05) is 24.6 Å². The van der Waals surface area contributed by atoms with Crippen LogP contribution in [0.3, 0.4) is 0 Å². The number of aliphatic imine (C=N–C) groups is 1. The van der Waals surface area contributed by atoms with Crippen LogP contribution in [-0.2, 0) is 37.1 Å². The van der Waals surface area contributed by atoms with Gasteiger partial charge in [-0.1, -0.05) is 29.4 Å². The van der Waals surface area contributed by atoms with Gasteiger partial charge in [0.15, 0.2) is 29.8 Å². The van der Waals surface area contributed by atoms with E-state index in [1.807, 2.05) is 59.6 Å². The van der Waals surface area contributed by atoms with Gasteiger partial charge in [-0.15, -0.1) is 23.1 Å². The summed E-state index contributed by atoms with van der Waals surface area (Å²) in [5.41, 5.74) is 13.3. The average Bonchev–Trinajstić information content (AvgIpc) is 3.79. The van der Waals surface area contributed by atoms with Gasteiger partial charge in [0.05, 0.1) is 16.9 Å². The van der Waals surface area contributed by atoms with Gasteiger partial charge in [0, 0.05) is 47.6 Å². The monoisotopic (exact) mass is 801 g/mol. The molecule has 0 spiro atoms. The molecule has 6 heterocycles. The number of nitrogens with two attached hydrogens (primary N) is 2. The van der Waals surface area contributed by atoms with Crippen LogP contribution in [0.25, 0.3) is 10.9 Å². The smallest absolute Gasteiger partial charge is 0.352 e. The predicted molar refractivity (Wildman–Crippen MR) is 210 cm³/mol. The summed E-state index contributed by atoms with van der Waals surface area (Å²) in [6, 6.07) is 11.2. The first-order valence-electron chi connectivity index (χ1n) is 17.8. The fourth-order valence-corrected chi connectivity index (χ4v) is 8.54. The van der Waals surface area contributed by atoms with E-state index >= 15 is 0 Å². The molecule has 0 radical (unpaired) electrons. The number of carboxylic acid groups (broad SMARTS) is 2. The van der Waals surface area contributed by atoms with Crippen LogP contribution in [0.15, 0.2) is 81.8 Å². The number of carboxylic acids is 2. The minimum atomic E-state index is -1.77. The third kappa shape index (κ3) is 7.96. The van der Waals surface area contributed by atoms with Crippen LogP contribution in [0.1, 0.15) is 43.5 Å². The van der Waals surface area contributed by atoms with Crippen molar-refractivity contribution < 1.29 is 38.8 Å². The molecule has 3 aliphatic rings. The number of hydrogen-bond donors (Lipinski definition) is 6. The molecule has 1 aromatic carbocycles. The van der Waals surface area contributed by atoms with Gasteiger partial charge in [0.1, 0.15) is 28.6 Å². The van der Waals surface area contributed by atoms with Crippen molar-refractivity contribution in [1.82, 2.24) is 25.1 Å². The third-order valence-electron chi connectivity index (χ3n) is 9.73. The highest BCUT2D eigenvalue weighted by atomic mass is 32.2. The Hall–Kier alpha value is -5.79. The molecule has 2 fully saturated rings. The summed E-state index contributed by atoms with van der Waals surface area (Å²) in [6.07, 6.45) is 7.95. The summed E-state index contributed by atoms with van der Waals surface area (Å²) in [4.78, 5) is 66.2. The number of oxime groups is 1. The van der Waals surface area contributed by atoms with E-state index in [4.69, 9.17) is 21.3 Å². The number of nitrogens with zero attached hydrogens (tertiary/aromatic N) is 6. The number of β-lactam (4-membered cyclic amide) rings is 1. The van der Waals surface area contributed by atoms with E-state index < -0.39 is 40.8 Å². The molecule has 17 nitrogen and oxygen atoms in total. The number of fused-ring (bicyclic) bond motifs is 2. The predicted octanol–water partition coefficient (Wildman–Crippen LogP) is 1.50. The molecule has 0 unspecified atom stereocenters. The SMILES string of the molecule is CC(C)(ON=C(C(=O)N[C@@H]1C(=O)N2C(C(=O)O)=C(C[n+]3ccc4c(ccn4Cc4ccc(C(N)=N[C@@H]5CCCNC5)cc4)c3)CS[C@H]12)c1csc(N)n1)C(=O)O. The van der Waals surface area contributed by atoms with Gasteiger partial charge in [0.25, 0.3) is 11.8 Å². The standard InChI is InChI=1S/C37H40N10O7S2/c1-37(2,35(52)53)54-44-27(25-19-56-36(39)42-25)31(48)43-28-32(49)47-29(34(50)51)23(18-55-33(28)47)17-45-12-10-26-22(16-45)9-13-46(26)15-20-5-7-21(8-6-20)30(38)41-24-4-3-11-40-14-24/h5-10,12-13,16,19,24,28,33,40H,3-4,11,14-15,17-18H2,1-2H3,(H6-,38,39,41,42,43,48,50,51,52,53)/p+1/t24-,28-,33-/m1/s1. The number of carbonyl (C=O) groups is 4. The zero-order chi connectivity index (χ0) is 39.7. The molecule has 3 aromatic heterocycles. The Balaban J connectivity index is 1.03. The van der Waals surface area contributed by atoms with Gasteiger partial charge in [-0.25, -0.2) is 19.1 Å². The highest BCUT2D eigenvalue weighted by molar-refractivity contribution is 8.00. The summed E-state index contributed by atoms with van der Waals surface area (Å²) in [5, 5.41) is 31.3. The second kappa shape index (κ2) is 15.8. The third-order valence-corrected chi connectivity index (χ3v) is 11.7. The number of aliphatic carboxylic acids is 2. The zero-order valence-electron chi connectivity index (χ0n) is 30.5. The van der Waals surface area contributed by atoms with E-state index in [9.17, 15) is 29.4 Å². The van der Waals surface area contributed by atoms with Crippen molar-refractivity contribution in [3.8, 4) is 0 Å². The molecule has 8 N–H and O–H groups in total. The number of thioether (sulfide) groups is 1. The van der Waals surface area contributed by atoms with Gasteiger partial charge in [-0.2, -0.15) is 0 Å². The number of carbonyl (C=O) groups excluding carboxylic acids is 2. The number of thiazole rings is 1. The van der Waals surface area contributed by atoms with Crippen LogP contribution < -0.4 is 26.7 Å². The van der Waals surface area contributed by atoms with Crippen LogP contribution in [0.4, 0.5) is 5.13 Å². The maximum Gasteiger partial charge on any atom is 0.352 e. The molecule has 0 saturated carbocycles. The number of amidine groups is 1. The minimum absolute atomic E-state index is 0.0251. The van der Waals surface area contributed by atoms with E-state index in [-0.39, 0.29) is 40.6 Å². The summed E-state index contributed by atoms with van der Waals surface area (Å²) < 4.78 is 4.02. The van der Waals surface area contributed by atoms with Crippen LogP contribution in [-0.4, -0.2) is 102 Å². The highest BCUT2D eigenvalue weighted by Crippen LogP contribution is 2.40. The number of pyridine rings is 1. The van der Waals surface area contributed by atoms with Crippen molar-refractivity contribution >= 4 is 74.4 Å². The topological polar surface area (TPSA) is 244 Å². The Morgan fingerprint density at radius 2 is 1.96 bits per heavy atom. The summed E-state index contributed by atoms with van der Waals surface area (Å²) in [7, 11) is 0. The van der Waals surface area contributed by atoms with Gasteiger partial charge >= 0.3 is 11.9 Å². The molecule has 292 valence electrons. The van der Waals surface area contributed by atoms with E-state index in [0.29, 0.717) is 18.0 Å². The quantitative estimate of drug-likeness (QED) is 0.0371. The van der Waals surface area contributed by atoms with Crippen molar-refractivity contribution in [1.29, 1.82) is 0 Å². The normalized spacial score (nSPS) is 20.4. The number of piperidine rings is 1. The molecular weight excluding hydrogens is 761 g/mol. The van der Waals surface area contributed by atoms with Crippen LogP contribution in [0, 0.1) is 0 Å². The number of amides is 2. The zero-order valence-corrected chi connectivity index (χ0v) is 32.2. The second-order valence-corrected chi connectivity index (χ2v) is 16.1. The van der Waals surface area contributed by atoms with Gasteiger partial charge in [0.2, 0.25) is 5.60 Å². The number of benzene rings is 1. The van der Waals surface area contributed by atoms with Gasteiger partial charge in [-0.3, -0.25) is 19.5 Å². The van der Waals surface area contributed by atoms with Crippen molar-refractivity contribution in [3.05, 3.63) is 88.5 Å². The number of rotatable bonds is 13. The molecule has 3 aliphatic heterocycles. The molecular formula is C37H41N10O7S2+. The summed E-state index contributed by atoms with van der Waals surface area (Å²) in [5.74, 6) is -3.22. The first kappa shape index (κ1) is 38.5. The lowest BCUT2D eigenvalue weighted by molar-refractivity contribution is -0.687. The first-order valence-corrected chi connectivity index (χ1v) is 19.7. The van der Waals surface area contributed by atoms with Crippen LogP contribution >= 0.6 is 23.1 Å². The number of nitrogens with one attached hydrogen (secondary N) is 2. The fraction of sp³-hybridized carbons (Fsp3) is 0.351.